The van der Waals surface area contributed by atoms with E-state index in [4.69, 9.17) is 12.2 Å². The average molecular weight is 308 g/mol. The van der Waals surface area contributed by atoms with E-state index in [1.165, 1.54) is 25.5 Å². The Hall–Kier alpha value is -1.69. The maximum atomic E-state index is 14.1. The van der Waals surface area contributed by atoms with Crippen molar-refractivity contribution < 1.29 is 4.39 Å². The summed E-state index contributed by atoms with van der Waals surface area (Å²) < 4.78 is 14.1. The second kappa shape index (κ2) is 7.93. The smallest absolute Gasteiger partial charge is 0.186 e. The molecule has 1 saturated heterocycles. The summed E-state index contributed by atoms with van der Waals surface area (Å²) in [4.78, 5) is 2.23. The minimum Gasteiger partial charge on any atom is -0.371 e. The maximum Gasteiger partial charge on any atom is 0.186 e. The van der Waals surface area contributed by atoms with Gasteiger partial charge in [0.05, 0.1) is 6.21 Å². The molecule has 0 radical (unpaired) electrons. The normalized spacial score (nSPS) is 15.2. The van der Waals surface area contributed by atoms with Crippen LogP contribution in [0.2, 0.25) is 0 Å². The lowest BCUT2D eigenvalue weighted by Gasteiger charge is -2.28. The molecule has 114 valence electrons. The summed E-state index contributed by atoms with van der Waals surface area (Å²) in [6.45, 7) is 4.67. The number of halogens is 1. The summed E-state index contributed by atoms with van der Waals surface area (Å²) in [7, 11) is 0. The molecule has 0 saturated carbocycles. The van der Waals surface area contributed by atoms with Gasteiger partial charge in [-0.25, -0.2) is 4.39 Å². The molecule has 0 amide bonds. The zero-order chi connectivity index (χ0) is 15.1. The second-order valence-electron chi connectivity index (χ2n) is 4.98. The van der Waals surface area contributed by atoms with Crippen molar-refractivity contribution in [1.82, 2.24) is 10.7 Å². The summed E-state index contributed by atoms with van der Waals surface area (Å²) >= 11 is 4.97. The summed E-state index contributed by atoms with van der Waals surface area (Å²) in [6.07, 6.45) is 5.06. The molecular formula is C15H21FN4S. The minimum absolute atomic E-state index is 0.266. The van der Waals surface area contributed by atoms with Crippen molar-refractivity contribution in [3.05, 3.63) is 29.6 Å². The average Bonchev–Trinajstić information content (AvgIpc) is 2.50. The fourth-order valence-electron chi connectivity index (χ4n) is 2.33. The Morgan fingerprint density at radius 2 is 2.14 bits per heavy atom. The SMILES string of the molecule is CCNC(=S)N/N=C\c1ccc(N2CCCCC2)cc1F. The third-order valence-electron chi connectivity index (χ3n) is 3.41. The molecular weight excluding hydrogens is 287 g/mol. The first kappa shape index (κ1) is 15.7. The monoisotopic (exact) mass is 308 g/mol. The number of rotatable bonds is 4. The molecule has 21 heavy (non-hydrogen) atoms. The van der Waals surface area contributed by atoms with Crippen molar-refractivity contribution in [3.63, 3.8) is 0 Å². The molecule has 1 aromatic rings. The lowest BCUT2D eigenvalue weighted by Crippen LogP contribution is -2.31. The van der Waals surface area contributed by atoms with Crippen molar-refractivity contribution in [2.45, 2.75) is 26.2 Å². The number of anilines is 1. The Morgan fingerprint density at radius 1 is 1.38 bits per heavy atom. The molecule has 2 N–H and O–H groups in total. The van der Waals surface area contributed by atoms with E-state index in [0.717, 1.165) is 25.3 Å². The third kappa shape index (κ3) is 4.67. The molecule has 6 heteroatoms. The topological polar surface area (TPSA) is 39.7 Å². The first-order valence-electron chi connectivity index (χ1n) is 7.32. The Balaban J connectivity index is 1.98. The van der Waals surface area contributed by atoms with E-state index in [9.17, 15) is 4.39 Å². The highest BCUT2D eigenvalue weighted by molar-refractivity contribution is 7.80. The van der Waals surface area contributed by atoms with Crippen LogP contribution in [0.4, 0.5) is 10.1 Å². The third-order valence-corrected chi connectivity index (χ3v) is 3.65. The molecule has 1 fully saturated rings. The second-order valence-corrected chi connectivity index (χ2v) is 5.39. The highest BCUT2D eigenvalue weighted by atomic mass is 32.1. The van der Waals surface area contributed by atoms with E-state index < -0.39 is 0 Å². The van der Waals surface area contributed by atoms with Gasteiger partial charge < -0.3 is 10.2 Å². The lowest BCUT2D eigenvalue weighted by atomic mass is 10.1. The molecule has 0 bridgehead atoms. The predicted molar refractivity (Wildman–Crippen MR) is 89.5 cm³/mol. The Bertz CT molecular complexity index is 512. The fourth-order valence-corrected chi connectivity index (χ4v) is 2.53. The predicted octanol–water partition coefficient (Wildman–Crippen LogP) is 2.63. The molecule has 0 aliphatic carbocycles. The Kier molecular flexibility index (Phi) is 5.92. The van der Waals surface area contributed by atoms with Gasteiger partial charge in [0.25, 0.3) is 0 Å². The number of nitrogens with one attached hydrogen (secondary N) is 2. The van der Waals surface area contributed by atoms with Gasteiger partial charge in [-0.1, -0.05) is 0 Å². The van der Waals surface area contributed by atoms with Gasteiger partial charge in [-0.05, 0) is 56.6 Å². The summed E-state index contributed by atoms with van der Waals surface area (Å²) in [5.74, 6) is -0.266. The number of piperidine rings is 1. The van der Waals surface area contributed by atoms with E-state index >= 15 is 0 Å². The Labute approximate surface area is 130 Å². The van der Waals surface area contributed by atoms with Crippen LogP contribution in [0.3, 0.4) is 0 Å². The van der Waals surface area contributed by atoms with Crippen LogP contribution in [-0.2, 0) is 0 Å². The van der Waals surface area contributed by atoms with E-state index in [0.29, 0.717) is 10.7 Å². The van der Waals surface area contributed by atoms with Crippen LogP contribution in [0.5, 0.6) is 0 Å². The zero-order valence-corrected chi connectivity index (χ0v) is 13.0. The van der Waals surface area contributed by atoms with Gasteiger partial charge in [-0.15, -0.1) is 0 Å². The number of nitrogens with zero attached hydrogens (tertiary/aromatic N) is 2. The van der Waals surface area contributed by atoms with Gasteiger partial charge >= 0.3 is 0 Å². The summed E-state index contributed by atoms with van der Waals surface area (Å²) in [5.41, 5.74) is 4.04. The standard InChI is InChI=1S/C15H21FN4S/c1-2-17-15(21)19-18-11-12-6-7-13(10-14(12)16)20-8-4-3-5-9-20/h6-7,10-11H,2-5,8-9H2,1H3,(H2,17,19,21)/b18-11-. The van der Waals surface area contributed by atoms with Crippen molar-refractivity contribution in [1.29, 1.82) is 0 Å². The summed E-state index contributed by atoms with van der Waals surface area (Å²) in [5, 5.41) is 7.27. The molecule has 0 unspecified atom stereocenters. The highest BCUT2D eigenvalue weighted by Gasteiger charge is 2.12. The fraction of sp³-hybridized carbons (Fsp3) is 0.467. The van der Waals surface area contributed by atoms with Crippen LogP contribution >= 0.6 is 12.2 Å². The Morgan fingerprint density at radius 3 is 2.81 bits per heavy atom. The van der Waals surface area contributed by atoms with Gasteiger partial charge in [0, 0.05) is 30.9 Å². The first-order valence-corrected chi connectivity index (χ1v) is 7.73. The molecule has 0 aromatic heterocycles. The van der Waals surface area contributed by atoms with E-state index in [1.807, 2.05) is 13.0 Å². The van der Waals surface area contributed by atoms with Gasteiger partial charge in [-0.2, -0.15) is 5.10 Å². The highest BCUT2D eigenvalue weighted by Crippen LogP contribution is 2.21. The van der Waals surface area contributed by atoms with Crippen LogP contribution in [-0.4, -0.2) is 31.0 Å². The molecule has 1 aliphatic heterocycles. The van der Waals surface area contributed by atoms with Crippen LogP contribution in [0.1, 0.15) is 31.7 Å². The van der Waals surface area contributed by atoms with Crippen molar-refractivity contribution in [3.8, 4) is 0 Å². The summed E-state index contributed by atoms with van der Waals surface area (Å²) in [6, 6.07) is 5.27. The van der Waals surface area contributed by atoms with E-state index in [2.05, 4.69) is 20.7 Å². The minimum atomic E-state index is -0.266. The van der Waals surface area contributed by atoms with Gasteiger partial charge in [0.1, 0.15) is 5.82 Å². The van der Waals surface area contributed by atoms with Crippen LogP contribution < -0.4 is 15.6 Å². The van der Waals surface area contributed by atoms with E-state index in [-0.39, 0.29) is 5.82 Å². The zero-order valence-electron chi connectivity index (χ0n) is 12.2. The van der Waals surface area contributed by atoms with Crippen molar-refractivity contribution in [2.75, 3.05) is 24.5 Å². The van der Waals surface area contributed by atoms with E-state index in [1.54, 1.807) is 12.1 Å². The maximum absolute atomic E-state index is 14.1. The van der Waals surface area contributed by atoms with Gasteiger partial charge in [0.2, 0.25) is 0 Å². The van der Waals surface area contributed by atoms with Crippen molar-refractivity contribution >= 4 is 29.2 Å². The first-order chi connectivity index (χ1) is 10.2. The lowest BCUT2D eigenvalue weighted by molar-refractivity contribution is 0.574. The number of hydrogen-bond donors (Lipinski definition) is 2. The van der Waals surface area contributed by atoms with Gasteiger partial charge in [-0.3, -0.25) is 5.43 Å². The van der Waals surface area contributed by atoms with Crippen LogP contribution in [0.25, 0.3) is 0 Å². The van der Waals surface area contributed by atoms with Gasteiger partial charge in [0.15, 0.2) is 5.11 Å². The number of hydrogen-bond acceptors (Lipinski definition) is 3. The molecule has 1 heterocycles. The molecule has 4 nitrogen and oxygen atoms in total. The van der Waals surface area contributed by atoms with Crippen LogP contribution in [0.15, 0.2) is 23.3 Å². The largest absolute Gasteiger partial charge is 0.371 e. The number of benzene rings is 1. The molecule has 0 spiro atoms. The molecule has 1 aromatic carbocycles. The quantitative estimate of drug-likeness (QED) is 0.510. The number of thiocarbonyl (C=S) groups is 1. The molecule has 0 atom stereocenters. The van der Waals surface area contributed by atoms with Crippen molar-refractivity contribution in [2.24, 2.45) is 5.10 Å². The molecule has 1 aliphatic rings. The van der Waals surface area contributed by atoms with Crippen LogP contribution in [0, 0.1) is 5.82 Å². The number of hydrazone groups is 1. The molecule has 2 rings (SSSR count).